The van der Waals surface area contributed by atoms with Gasteiger partial charge in [0, 0.05) is 42.5 Å². The predicted molar refractivity (Wildman–Crippen MR) is 144 cm³/mol. The van der Waals surface area contributed by atoms with E-state index in [4.69, 9.17) is 9.84 Å². The van der Waals surface area contributed by atoms with Gasteiger partial charge in [-0.15, -0.1) is 0 Å². The number of rotatable bonds is 6. The minimum absolute atomic E-state index is 0.0720. The molecule has 38 heavy (non-hydrogen) atoms. The van der Waals surface area contributed by atoms with E-state index < -0.39 is 11.8 Å². The molecule has 4 aromatic rings. The van der Waals surface area contributed by atoms with Crippen molar-refractivity contribution in [3.8, 4) is 17.2 Å². The SMILES string of the molecule is CNC(=O)c1cc(Oc2ccc(NC(=O)Nc3cc(C(C)(C)C)nn3-c3ccc(C)cc3)cc2F)ccn1. The van der Waals surface area contributed by atoms with Crippen LogP contribution in [0.1, 0.15) is 42.5 Å². The van der Waals surface area contributed by atoms with Crippen molar-refractivity contribution in [2.24, 2.45) is 0 Å². The Morgan fingerprint density at radius 1 is 0.974 bits per heavy atom. The smallest absolute Gasteiger partial charge is 0.324 e. The minimum atomic E-state index is -0.694. The van der Waals surface area contributed by atoms with Gasteiger partial charge in [0.15, 0.2) is 11.6 Å². The van der Waals surface area contributed by atoms with Crippen LogP contribution in [0.2, 0.25) is 0 Å². The number of aryl methyl sites for hydroxylation is 1. The number of aromatic nitrogens is 3. The standard InChI is InChI=1S/C28H29FN6O3/c1-17-6-9-19(10-7-17)35-25(16-24(34-35)28(2,3)4)33-27(37)32-18-8-11-23(21(29)14-18)38-20-12-13-31-22(15-20)26(36)30-5/h6-16H,1-5H3,(H,30,36)(H2,32,33,37). The van der Waals surface area contributed by atoms with E-state index in [9.17, 15) is 14.0 Å². The van der Waals surface area contributed by atoms with Crippen molar-refractivity contribution < 1.29 is 18.7 Å². The number of hydrogen-bond donors (Lipinski definition) is 3. The molecule has 3 amide bonds. The van der Waals surface area contributed by atoms with E-state index in [1.54, 1.807) is 4.68 Å². The van der Waals surface area contributed by atoms with E-state index in [1.807, 2.05) is 58.0 Å². The molecule has 0 radical (unpaired) electrons. The molecule has 0 aliphatic heterocycles. The van der Waals surface area contributed by atoms with E-state index in [1.165, 1.54) is 37.5 Å². The van der Waals surface area contributed by atoms with Crippen molar-refractivity contribution in [3.63, 3.8) is 0 Å². The van der Waals surface area contributed by atoms with Crippen LogP contribution in [0.25, 0.3) is 5.69 Å². The third-order valence-electron chi connectivity index (χ3n) is 5.61. The third kappa shape index (κ3) is 6.15. The highest BCUT2D eigenvalue weighted by Crippen LogP contribution is 2.28. The fraction of sp³-hybridized carbons (Fsp3) is 0.214. The minimum Gasteiger partial charge on any atom is -0.454 e. The molecule has 0 fully saturated rings. The highest BCUT2D eigenvalue weighted by Gasteiger charge is 2.22. The summed E-state index contributed by atoms with van der Waals surface area (Å²) in [5.41, 5.74) is 2.83. The Morgan fingerprint density at radius 2 is 1.71 bits per heavy atom. The van der Waals surface area contributed by atoms with Gasteiger partial charge in [-0.2, -0.15) is 5.10 Å². The van der Waals surface area contributed by atoms with Crippen molar-refractivity contribution in [2.75, 3.05) is 17.7 Å². The number of carbonyl (C=O) groups excluding carboxylic acids is 2. The fourth-order valence-electron chi connectivity index (χ4n) is 3.51. The fourth-order valence-corrected chi connectivity index (χ4v) is 3.51. The highest BCUT2D eigenvalue weighted by molar-refractivity contribution is 5.99. The van der Waals surface area contributed by atoms with E-state index >= 15 is 0 Å². The number of benzene rings is 2. The van der Waals surface area contributed by atoms with Crippen molar-refractivity contribution >= 4 is 23.4 Å². The molecule has 2 aromatic heterocycles. The van der Waals surface area contributed by atoms with Crippen molar-refractivity contribution in [3.05, 3.63) is 89.6 Å². The van der Waals surface area contributed by atoms with Crippen LogP contribution in [-0.4, -0.2) is 33.8 Å². The van der Waals surface area contributed by atoms with Crippen LogP contribution in [0.15, 0.2) is 66.9 Å². The van der Waals surface area contributed by atoms with Crippen LogP contribution in [0.3, 0.4) is 0 Å². The zero-order valence-corrected chi connectivity index (χ0v) is 21.8. The monoisotopic (exact) mass is 516 g/mol. The molecule has 0 atom stereocenters. The summed E-state index contributed by atoms with van der Waals surface area (Å²) in [4.78, 5) is 28.6. The zero-order chi connectivity index (χ0) is 27.4. The molecule has 10 heteroatoms. The third-order valence-corrected chi connectivity index (χ3v) is 5.61. The van der Waals surface area contributed by atoms with E-state index in [0.29, 0.717) is 5.82 Å². The summed E-state index contributed by atoms with van der Waals surface area (Å²) in [5.74, 6) is -0.436. The topological polar surface area (TPSA) is 110 Å². The van der Waals surface area contributed by atoms with E-state index in [0.717, 1.165) is 23.0 Å². The Balaban J connectivity index is 1.50. The van der Waals surface area contributed by atoms with Gasteiger partial charge in [0.2, 0.25) is 0 Å². The number of nitrogens with one attached hydrogen (secondary N) is 3. The molecule has 3 N–H and O–H groups in total. The molecule has 0 spiro atoms. The molecule has 4 rings (SSSR count). The van der Waals surface area contributed by atoms with Crippen LogP contribution in [0.4, 0.5) is 20.7 Å². The molecule has 2 aromatic carbocycles. The lowest BCUT2D eigenvalue weighted by atomic mass is 9.92. The quantitative estimate of drug-likeness (QED) is 0.300. The van der Waals surface area contributed by atoms with Gasteiger partial charge in [0.05, 0.1) is 11.4 Å². The molecule has 9 nitrogen and oxygen atoms in total. The molecular formula is C28H29FN6O3. The largest absolute Gasteiger partial charge is 0.454 e. The summed E-state index contributed by atoms with van der Waals surface area (Å²) in [7, 11) is 1.49. The van der Waals surface area contributed by atoms with Gasteiger partial charge in [-0.1, -0.05) is 38.5 Å². The van der Waals surface area contributed by atoms with Crippen molar-refractivity contribution in [2.45, 2.75) is 33.1 Å². The molecule has 0 saturated heterocycles. The van der Waals surface area contributed by atoms with Gasteiger partial charge < -0.3 is 15.4 Å². The Kier molecular flexibility index (Phi) is 7.43. The lowest BCUT2D eigenvalue weighted by Crippen LogP contribution is -2.21. The van der Waals surface area contributed by atoms with Crippen LogP contribution < -0.4 is 20.7 Å². The molecular weight excluding hydrogens is 487 g/mol. The molecule has 0 aliphatic carbocycles. The number of pyridine rings is 1. The Bertz CT molecular complexity index is 1470. The number of urea groups is 1. The van der Waals surface area contributed by atoms with Crippen LogP contribution in [0, 0.1) is 12.7 Å². The highest BCUT2D eigenvalue weighted by atomic mass is 19.1. The van der Waals surface area contributed by atoms with Crippen molar-refractivity contribution in [1.29, 1.82) is 0 Å². The van der Waals surface area contributed by atoms with Gasteiger partial charge in [0.25, 0.3) is 5.91 Å². The number of nitrogens with zero attached hydrogens (tertiary/aromatic N) is 3. The van der Waals surface area contributed by atoms with Gasteiger partial charge in [-0.25, -0.2) is 13.9 Å². The number of hydrogen-bond acceptors (Lipinski definition) is 5. The van der Waals surface area contributed by atoms with Gasteiger partial charge in [-0.05, 0) is 37.3 Å². The van der Waals surface area contributed by atoms with Gasteiger partial charge in [0.1, 0.15) is 17.3 Å². The molecule has 196 valence electrons. The lowest BCUT2D eigenvalue weighted by molar-refractivity contribution is 0.0958. The Morgan fingerprint density at radius 3 is 2.37 bits per heavy atom. The second-order valence-electron chi connectivity index (χ2n) is 9.69. The van der Waals surface area contributed by atoms with E-state index in [2.05, 4.69) is 20.9 Å². The number of anilines is 2. The second-order valence-corrected chi connectivity index (χ2v) is 9.69. The van der Waals surface area contributed by atoms with Crippen molar-refractivity contribution in [1.82, 2.24) is 20.1 Å². The van der Waals surface area contributed by atoms with Gasteiger partial charge >= 0.3 is 6.03 Å². The zero-order valence-electron chi connectivity index (χ0n) is 21.8. The first-order chi connectivity index (χ1) is 18.0. The lowest BCUT2D eigenvalue weighted by Gasteiger charge is -2.14. The van der Waals surface area contributed by atoms with Crippen LogP contribution in [-0.2, 0) is 5.41 Å². The Labute approximate surface area is 220 Å². The molecule has 0 saturated carbocycles. The number of carbonyl (C=O) groups is 2. The molecule has 0 aliphatic rings. The number of ether oxygens (including phenoxy) is 1. The average Bonchev–Trinajstić information content (AvgIpc) is 3.30. The summed E-state index contributed by atoms with van der Waals surface area (Å²) >= 11 is 0. The maximum atomic E-state index is 14.8. The summed E-state index contributed by atoms with van der Waals surface area (Å²) in [6, 6.07) is 16.0. The molecule has 0 bridgehead atoms. The van der Waals surface area contributed by atoms with Crippen LogP contribution >= 0.6 is 0 Å². The number of amides is 3. The maximum absolute atomic E-state index is 14.8. The Hall–Kier alpha value is -4.73. The first kappa shape index (κ1) is 26.3. The number of halogens is 1. The second kappa shape index (κ2) is 10.7. The summed E-state index contributed by atoms with van der Waals surface area (Å²) in [6.07, 6.45) is 1.39. The van der Waals surface area contributed by atoms with Gasteiger partial charge in [-0.3, -0.25) is 15.1 Å². The average molecular weight is 517 g/mol. The molecule has 0 unspecified atom stereocenters. The first-order valence-electron chi connectivity index (χ1n) is 11.9. The molecule has 2 heterocycles. The van der Waals surface area contributed by atoms with Crippen LogP contribution in [0.5, 0.6) is 11.5 Å². The normalized spacial score (nSPS) is 11.1. The first-order valence-corrected chi connectivity index (χ1v) is 11.9. The maximum Gasteiger partial charge on any atom is 0.324 e. The van der Waals surface area contributed by atoms with E-state index in [-0.39, 0.29) is 34.2 Å². The predicted octanol–water partition coefficient (Wildman–Crippen LogP) is 5.81. The summed E-state index contributed by atoms with van der Waals surface area (Å²) in [6.45, 7) is 8.11. The summed E-state index contributed by atoms with van der Waals surface area (Å²) in [5, 5.41) is 12.6. The summed E-state index contributed by atoms with van der Waals surface area (Å²) < 4.78 is 22.0.